The van der Waals surface area contributed by atoms with Gasteiger partial charge in [-0.05, 0) is 71.5 Å². The Morgan fingerprint density at radius 2 is 1.18 bits per heavy atom. The first-order valence-electron chi connectivity index (χ1n) is 15.1. The number of carbonyl (C=O) groups excluding carboxylic acids is 1. The number of benzene rings is 2. The first-order chi connectivity index (χ1) is 24.0. The minimum Gasteiger partial charge on any atom is -0.287 e. The smallest absolute Gasteiger partial charge is 0.212 e. The molecule has 7 nitrogen and oxygen atoms in total. The summed E-state index contributed by atoms with van der Waals surface area (Å²) in [5.74, 6) is -5.37. The molecule has 0 spiro atoms. The van der Waals surface area contributed by atoms with Crippen molar-refractivity contribution in [1.82, 2.24) is 0 Å². The second kappa shape index (κ2) is 11.9. The minimum atomic E-state index is -1.25. The lowest BCUT2D eigenvalue weighted by atomic mass is 9.75. The van der Waals surface area contributed by atoms with Crippen LogP contribution in [-0.2, 0) is 11.8 Å². The third kappa shape index (κ3) is 4.59. The second-order valence-electron chi connectivity index (χ2n) is 11.7. The van der Waals surface area contributed by atoms with E-state index in [9.17, 15) is 43.4 Å². The molecule has 2 heterocycles. The molecule has 2 aromatic carbocycles. The highest BCUT2D eigenvalue weighted by molar-refractivity contribution is 7.26. The van der Waals surface area contributed by atoms with E-state index < -0.39 is 40.0 Å². The summed E-state index contributed by atoms with van der Waals surface area (Å²) in [6.45, 7) is 4.07. The topological polar surface area (TPSA) is 137 Å². The van der Waals surface area contributed by atoms with Crippen molar-refractivity contribution in [3.63, 3.8) is 0 Å². The Kier molecular flexibility index (Phi) is 7.72. The number of thiophene rings is 2. The molecule has 242 valence electrons. The van der Waals surface area contributed by atoms with Gasteiger partial charge < -0.3 is 0 Å². The van der Waals surface area contributed by atoms with Gasteiger partial charge in [0.2, 0.25) is 5.78 Å². The summed E-state index contributed by atoms with van der Waals surface area (Å²) in [5.41, 5.74) is 1.16. The molecular formula is C37H18F4N6OS2. The molecule has 0 fully saturated rings. The number of ketones is 1. The highest BCUT2D eigenvalue weighted by Crippen LogP contribution is 2.61. The average Bonchev–Trinajstić information content (AvgIpc) is 3.89. The molecule has 0 aliphatic heterocycles. The standard InChI is InChI=1S/C37H18F4N6OS2/c1-3-37(4-2)22-10-29(46-28-6-16-5-24(38)25(39)7-19(16)31(28)17(12-42)13-43)49-35(22)36-23(37)11-30(50-36)47-33-32(18(14-44)15-45)20-8-26(40)27(41)9-21(20)34(33)48/h5,7-11H,3-4,6H2,1-2H3. The lowest BCUT2D eigenvalue weighted by Crippen LogP contribution is -2.22. The van der Waals surface area contributed by atoms with Gasteiger partial charge in [0.25, 0.3) is 0 Å². The Balaban J connectivity index is 1.36. The lowest BCUT2D eigenvalue weighted by molar-refractivity contribution is 0.106. The predicted octanol–water partition coefficient (Wildman–Crippen LogP) is 9.35. The van der Waals surface area contributed by atoms with Crippen molar-refractivity contribution in [2.24, 2.45) is 9.98 Å². The number of hydrogen-bond acceptors (Lipinski definition) is 9. The van der Waals surface area contributed by atoms with E-state index >= 15 is 0 Å². The number of hydrogen-bond donors (Lipinski definition) is 0. The van der Waals surface area contributed by atoms with E-state index in [2.05, 4.69) is 4.99 Å². The van der Waals surface area contributed by atoms with E-state index in [-0.39, 0.29) is 45.5 Å². The van der Waals surface area contributed by atoms with Crippen LogP contribution >= 0.6 is 22.7 Å². The van der Waals surface area contributed by atoms with Gasteiger partial charge in [-0.2, -0.15) is 21.0 Å². The van der Waals surface area contributed by atoms with Crippen molar-refractivity contribution < 1.29 is 22.4 Å². The fraction of sp³-hybridized carbons (Fsp3) is 0.162. The van der Waals surface area contributed by atoms with Crippen LogP contribution in [0.4, 0.5) is 27.6 Å². The molecule has 3 aliphatic rings. The van der Waals surface area contributed by atoms with Gasteiger partial charge in [-0.25, -0.2) is 27.5 Å². The maximum atomic E-state index is 14.3. The minimum absolute atomic E-state index is 0.0838. The van der Waals surface area contributed by atoms with Crippen LogP contribution in [0.25, 0.3) is 20.9 Å². The molecule has 7 rings (SSSR count). The summed E-state index contributed by atoms with van der Waals surface area (Å²) in [7, 11) is 0. The largest absolute Gasteiger partial charge is 0.287 e. The molecule has 2 aromatic heterocycles. The molecule has 4 aromatic rings. The zero-order chi connectivity index (χ0) is 35.6. The van der Waals surface area contributed by atoms with Gasteiger partial charge in [-0.1, -0.05) is 13.8 Å². The van der Waals surface area contributed by atoms with Gasteiger partial charge >= 0.3 is 0 Å². The fourth-order valence-electron chi connectivity index (χ4n) is 7.02. The number of nitriles is 4. The van der Waals surface area contributed by atoms with Crippen molar-refractivity contribution >= 4 is 61.0 Å². The number of Topliss-reactive ketones (excluding diaryl/α,β-unsaturated/α-hetero) is 1. The van der Waals surface area contributed by atoms with E-state index in [1.54, 1.807) is 12.1 Å². The van der Waals surface area contributed by atoms with Crippen LogP contribution in [0.3, 0.4) is 0 Å². The summed E-state index contributed by atoms with van der Waals surface area (Å²) in [6, 6.07) is 14.5. The molecule has 50 heavy (non-hydrogen) atoms. The maximum absolute atomic E-state index is 14.3. The van der Waals surface area contributed by atoms with Gasteiger partial charge in [0.05, 0.1) is 15.5 Å². The van der Waals surface area contributed by atoms with Crippen LogP contribution in [0.2, 0.25) is 0 Å². The number of halogens is 4. The van der Waals surface area contributed by atoms with E-state index in [4.69, 9.17) is 4.99 Å². The van der Waals surface area contributed by atoms with Crippen molar-refractivity contribution in [2.45, 2.75) is 38.5 Å². The zero-order valence-corrected chi connectivity index (χ0v) is 27.6. The fourth-order valence-corrected chi connectivity index (χ4v) is 9.47. The van der Waals surface area contributed by atoms with Crippen LogP contribution in [0.1, 0.15) is 64.9 Å². The van der Waals surface area contributed by atoms with Crippen LogP contribution in [0.5, 0.6) is 0 Å². The Morgan fingerprint density at radius 3 is 1.72 bits per heavy atom. The first kappa shape index (κ1) is 32.6. The van der Waals surface area contributed by atoms with Gasteiger partial charge in [-0.3, -0.25) is 4.79 Å². The Morgan fingerprint density at radius 1 is 0.700 bits per heavy atom. The molecule has 0 saturated heterocycles. The average molecular weight is 703 g/mol. The molecule has 0 unspecified atom stereocenters. The van der Waals surface area contributed by atoms with E-state index in [0.29, 0.717) is 34.1 Å². The van der Waals surface area contributed by atoms with Crippen LogP contribution in [-0.4, -0.2) is 17.2 Å². The molecule has 3 aliphatic carbocycles. The van der Waals surface area contributed by atoms with Crippen LogP contribution in [0.15, 0.2) is 57.5 Å². The zero-order valence-electron chi connectivity index (χ0n) is 26.0. The number of aliphatic imine (C=N–C) groups is 2. The highest BCUT2D eigenvalue weighted by Gasteiger charge is 2.44. The molecule has 0 N–H and O–H groups in total. The van der Waals surface area contributed by atoms with Crippen molar-refractivity contribution in [3.8, 4) is 34.0 Å². The monoisotopic (exact) mass is 702 g/mol. The van der Waals surface area contributed by atoms with Gasteiger partial charge in [-0.15, -0.1) is 22.7 Å². The van der Waals surface area contributed by atoms with Crippen molar-refractivity contribution in [1.29, 1.82) is 21.0 Å². The van der Waals surface area contributed by atoms with Gasteiger partial charge in [0.15, 0.2) is 23.3 Å². The summed E-state index contributed by atoms with van der Waals surface area (Å²) in [4.78, 5) is 24.6. The van der Waals surface area contributed by atoms with Crippen molar-refractivity contribution in [3.05, 3.63) is 104 Å². The Labute approximate surface area is 290 Å². The molecule has 0 atom stereocenters. The number of allylic oxidation sites excluding steroid dienone is 4. The quantitative estimate of drug-likeness (QED) is 0.154. The molecule has 0 radical (unpaired) electrons. The normalized spacial score (nSPS) is 16.4. The van der Waals surface area contributed by atoms with E-state index in [0.717, 1.165) is 45.1 Å². The summed E-state index contributed by atoms with van der Waals surface area (Å²) in [6.07, 6.45) is 1.43. The summed E-state index contributed by atoms with van der Waals surface area (Å²) >= 11 is 2.62. The molecule has 0 bridgehead atoms. The maximum Gasteiger partial charge on any atom is 0.212 e. The highest BCUT2D eigenvalue weighted by atomic mass is 32.1. The van der Waals surface area contributed by atoms with Crippen molar-refractivity contribution in [2.75, 3.05) is 0 Å². The summed E-state index contributed by atoms with van der Waals surface area (Å²) in [5, 5.41) is 39.6. The van der Waals surface area contributed by atoms with E-state index in [1.807, 2.05) is 38.1 Å². The third-order valence-electron chi connectivity index (χ3n) is 9.39. The number of fused-ring (bicyclic) bond motifs is 5. The van der Waals surface area contributed by atoms with Crippen LogP contribution in [0, 0.1) is 68.6 Å². The second-order valence-corrected chi connectivity index (χ2v) is 13.7. The Hall–Kier alpha value is -5.99. The SMILES string of the molecule is CCC1(CC)c2cc(N=C3Cc4cc(F)c(F)cc4C3=C(C#N)C#N)sc2-c2sc(N=C3C(=O)c4cc(F)c(F)cc4C3=C(C#N)C#N)cc21. The predicted molar refractivity (Wildman–Crippen MR) is 180 cm³/mol. The molecule has 0 saturated carbocycles. The number of carbonyl (C=O) groups is 1. The van der Waals surface area contributed by atoms with E-state index in [1.165, 1.54) is 22.7 Å². The summed E-state index contributed by atoms with van der Waals surface area (Å²) < 4.78 is 56.8. The third-order valence-corrected chi connectivity index (χ3v) is 11.6. The molecular weight excluding hydrogens is 685 g/mol. The lowest BCUT2D eigenvalue weighted by Gasteiger charge is -2.27. The molecule has 0 amide bonds. The first-order valence-corrected chi connectivity index (χ1v) is 16.7. The number of rotatable bonds is 4. The molecule has 13 heteroatoms. The van der Waals surface area contributed by atoms with Crippen LogP contribution < -0.4 is 0 Å². The number of nitrogens with zero attached hydrogens (tertiary/aromatic N) is 6. The van der Waals surface area contributed by atoms with Gasteiger partial charge in [0, 0.05) is 34.1 Å². The Bertz CT molecular complexity index is 2520. The van der Waals surface area contributed by atoms with Gasteiger partial charge in [0.1, 0.15) is 51.1 Å².